The summed E-state index contributed by atoms with van der Waals surface area (Å²) in [6.45, 7) is 11.8. The molecule has 0 aliphatic carbocycles. The Labute approximate surface area is 112 Å². The first-order valence-corrected chi connectivity index (χ1v) is 6.40. The van der Waals surface area contributed by atoms with Crippen LogP contribution in [-0.4, -0.2) is 47.3 Å². The van der Waals surface area contributed by atoms with E-state index in [9.17, 15) is 5.11 Å². The zero-order valence-corrected chi connectivity index (χ0v) is 12.6. The smallest absolute Gasteiger partial charge is 0.0939 e. The standard InChI is InChI=1S/C14H29N3O/c1-8-11(4)13(17(15)10(2)3)14(18)12(5)9-16(6)7/h8-11,13-14,18H,1,15H2,2-7H3/b12-9-. The van der Waals surface area contributed by atoms with Gasteiger partial charge < -0.3 is 10.0 Å². The fourth-order valence-electron chi connectivity index (χ4n) is 1.96. The van der Waals surface area contributed by atoms with E-state index in [1.165, 1.54) is 0 Å². The van der Waals surface area contributed by atoms with Gasteiger partial charge in [-0.05, 0) is 32.3 Å². The Kier molecular flexibility index (Phi) is 7.21. The minimum Gasteiger partial charge on any atom is -0.387 e. The van der Waals surface area contributed by atoms with Gasteiger partial charge in [0, 0.05) is 26.3 Å². The summed E-state index contributed by atoms with van der Waals surface area (Å²) in [5, 5.41) is 12.2. The molecule has 0 aromatic rings. The first kappa shape index (κ1) is 17.2. The zero-order valence-electron chi connectivity index (χ0n) is 12.6. The first-order chi connectivity index (χ1) is 8.22. The van der Waals surface area contributed by atoms with Crippen LogP contribution in [0.25, 0.3) is 0 Å². The van der Waals surface area contributed by atoms with Crippen LogP contribution in [0.3, 0.4) is 0 Å². The Hall–Kier alpha value is -0.840. The van der Waals surface area contributed by atoms with Crippen LogP contribution >= 0.6 is 0 Å². The fourth-order valence-corrected chi connectivity index (χ4v) is 1.96. The van der Waals surface area contributed by atoms with E-state index >= 15 is 0 Å². The molecule has 3 N–H and O–H groups in total. The Balaban J connectivity index is 5.14. The van der Waals surface area contributed by atoms with Crippen molar-refractivity contribution in [2.24, 2.45) is 11.8 Å². The van der Waals surface area contributed by atoms with Gasteiger partial charge in [0.2, 0.25) is 0 Å². The summed E-state index contributed by atoms with van der Waals surface area (Å²) in [6, 6.07) is -0.00194. The van der Waals surface area contributed by atoms with Gasteiger partial charge in [0.1, 0.15) is 0 Å². The third-order valence-electron chi connectivity index (χ3n) is 3.10. The lowest BCUT2D eigenvalue weighted by Gasteiger charge is -2.37. The molecule has 0 aliphatic rings. The number of aliphatic hydroxyl groups is 1. The molecule has 0 aromatic heterocycles. The molecule has 4 nitrogen and oxygen atoms in total. The van der Waals surface area contributed by atoms with Crippen LogP contribution in [0.4, 0.5) is 0 Å². The van der Waals surface area contributed by atoms with E-state index in [1.807, 2.05) is 59.0 Å². The molecule has 0 spiro atoms. The van der Waals surface area contributed by atoms with E-state index in [1.54, 1.807) is 5.01 Å². The van der Waals surface area contributed by atoms with Gasteiger partial charge in [-0.1, -0.05) is 13.0 Å². The maximum atomic E-state index is 10.5. The van der Waals surface area contributed by atoms with E-state index in [4.69, 9.17) is 5.84 Å². The molecule has 0 fully saturated rings. The van der Waals surface area contributed by atoms with E-state index in [-0.39, 0.29) is 18.0 Å². The third-order valence-corrected chi connectivity index (χ3v) is 3.10. The molecule has 106 valence electrons. The van der Waals surface area contributed by atoms with Crippen molar-refractivity contribution >= 4 is 0 Å². The predicted molar refractivity (Wildman–Crippen MR) is 77.8 cm³/mol. The molecule has 0 heterocycles. The number of hydrogen-bond acceptors (Lipinski definition) is 4. The largest absolute Gasteiger partial charge is 0.387 e. The molecule has 0 radical (unpaired) electrons. The van der Waals surface area contributed by atoms with E-state index in [2.05, 4.69) is 6.58 Å². The minimum absolute atomic E-state index is 0.109. The molecule has 3 atom stereocenters. The summed E-state index contributed by atoms with van der Waals surface area (Å²) >= 11 is 0. The number of aliphatic hydroxyl groups excluding tert-OH is 1. The van der Waals surface area contributed by atoms with E-state index in [0.29, 0.717) is 0 Å². The number of hydrazine groups is 1. The Morgan fingerprint density at radius 1 is 1.28 bits per heavy atom. The lowest BCUT2D eigenvalue weighted by atomic mass is 9.91. The van der Waals surface area contributed by atoms with Crippen LogP contribution in [0.2, 0.25) is 0 Å². The van der Waals surface area contributed by atoms with Crippen LogP contribution < -0.4 is 5.84 Å². The van der Waals surface area contributed by atoms with Gasteiger partial charge in [-0.2, -0.15) is 0 Å². The molecule has 0 aliphatic heterocycles. The highest BCUT2D eigenvalue weighted by molar-refractivity contribution is 5.10. The van der Waals surface area contributed by atoms with Crippen molar-refractivity contribution < 1.29 is 5.11 Å². The first-order valence-electron chi connectivity index (χ1n) is 6.40. The van der Waals surface area contributed by atoms with E-state index in [0.717, 1.165) is 5.57 Å². The third kappa shape index (κ3) is 4.80. The molecule has 0 bridgehead atoms. The van der Waals surface area contributed by atoms with Crippen LogP contribution in [-0.2, 0) is 0 Å². The van der Waals surface area contributed by atoms with Gasteiger partial charge in [0.05, 0.1) is 12.1 Å². The molecular weight excluding hydrogens is 226 g/mol. The molecule has 0 saturated heterocycles. The maximum absolute atomic E-state index is 10.5. The van der Waals surface area contributed by atoms with Crippen molar-refractivity contribution in [2.45, 2.75) is 45.9 Å². The van der Waals surface area contributed by atoms with Crippen LogP contribution in [0.5, 0.6) is 0 Å². The van der Waals surface area contributed by atoms with Crippen molar-refractivity contribution in [3.8, 4) is 0 Å². The molecule has 3 unspecified atom stereocenters. The monoisotopic (exact) mass is 255 g/mol. The summed E-state index contributed by atoms with van der Waals surface area (Å²) in [5.41, 5.74) is 0.898. The number of nitrogens with two attached hydrogens (primary N) is 1. The van der Waals surface area contributed by atoms with Gasteiger partial charge in [-0.15, -0.1) is 6.58 Å². The average Bonchev–Trinajstić information content (AvgIpc) is 2.27. The summed E-state index contributed by atoms with van der Waals surface area (Å²) < 4.78 is 0. The minimum atomic E-state index is -0.604. The molecule has 0 aromatic carbocycles. The highest BCUT2D eigenvalue weighted by Crippen LogP contribution is 2.20. The normalized spacial score (nSPS) is 17.8. The summed E-state index contributed by atoms with van der Waals surface area (Å²) in [5.74, 6) is 6.20. The number of hydrogen-bond donors (Lipinski definition) is 2. The van der Waals surface area contributed by atoms with Crippen molar-refractivity contribution in [1.82, 2.24) is 9.91 Å². The summed E-state index contributed by atoms with van der Waals surface area (Å²) in [7, 11) is 3.87. The molecule has 0 saturated carbocycles. The second kappa shape index (κ2) is 7.56. The maximum Gasteiger partial charge on any atom is 0.0939 e. The lowest BCUT2D eigenvalue weighted by molar-refractivity contribution is 0.0307. The molecular formula is C14H29N3O. The summed E-state index contributed by atoms with van der Waals surface area (Å²) in [4.78, 5) is 1.92. The Morgan fingerprint density at radius 3 is 2.11 bits per heavy atom. The molecule has 4 heteroatoms. The van der Waals surface area contributed by atoms with Crippen LogP contribution in [0.1, 0.15) is 27.7 Å². The fraction of sp³-hybridized carbons (Fsp3) is 0.714. The average molecular weight is 255 g/mol. The van der Waals surface area contributed by atoms with Crippen molar-refractivity contribution in [1.29, 1.82) is 0 Å². The number of rotatable bonds is 7. The second-order valence-electron chi connectivity index (χ2n) is 5.41. The van der Waals surface area contributed by atoms with Gasteiger partial charge in [0.25, 0.3) is 0 Å². The summed E-state index contributed by atoms with van der Waals surface area (Å²) in [6.07, 6.45) is 3.15. The molecule has 0 rings (SSSR count). The quantitative estimate of drug-likeness (QED) is 0.412. The topological polar surface area (TPSA) is 52.7 Å². The highest BCUT2D eigenvalue weighted by Gasteiger charge is 2.30. The second-order valence-corrected chi connectivity index (χ2v) is 5.41. The predicted octanol–water partition coefficient (Wildman–Crippen LogP) is 1.59. The van der Waals surface area contributed by atoms with Gasteiger partial charge >= 0.3 is 0 Å². The molecule has 0 amide bonds. The SMILES string of the molecule is C=CC(C)C(C(O)/C(C)=C\N(C)C)N(N)C(C)C. The van der Waals surface area contributed by atoms with E-state index < -0.39 is 6.10 Å². The highest BCUT2D eigenvalue weighted by atomic mass is 16.3. The van der Waals surface area contributed by atoms with Gasteiger partial charge in [0.15, 0.2) is 0 Å². The van der Waals surface area contributed by atoms with Crippen LogP contribution in [0.15, 0.2) is 24.4 Å². The van der Waals surface area contributed by atoms with Gasteiger partial charge in [-0.3, -0.25) is 5.84 Å². The lowest BCUT2D eigenvalue weighted by Crippen LogP contribution is -2.54. The van der Waals surface area contributed by atoms with Crippen molar-refractivity contribution in [3.63, 3.8) is 0 Å². The van der Waals surface area contributed by atoms with Gasteiger partial charge in [-0.25, -0.2) is 5.01 Å². The van der Waals surface area contributed by atoms with Crippen molar-refractivity contribution in [2.75, 3.05) is 14.1 Å². The Bertz CT molecular complexity index is 287. The number of nitrogens with zero attached hydrogens (tertiary/aromatic N) is 2. The zero-order chi connectivity index (χ0) is 14.5. The van der Waals surface area contributed by atoms with Crippen LogP contribution in [0, 0.1) is 5.92 Å². The Morgan fingerprint density at radius 2 is 1.78 bits per heavy atom. The molecule has 18 heavy (non-hydrogen) atoms. The van der Waals surface area contributed by atoms with Crippen molar-refractivity contribution in [3.05, 3.63) is 24.4 Å².